The summed E-state index contributed by atoms with van der Waals surface area (Å²) in [5.41, 5.74) is 2.13. The highest BCUT2D eigenvalue weighted by Crippen LogP contribution is 2.57. The number of ether oxygens (including phenoxy) is 1. The van der Waals surface area contributed by atoms with Crippen LogP contribution >= 0.6 is 0 Å². The maximum atomic E-state index is 13.0. The molecule has 2 aliphatic rings. The zero-order valence-corrected chi connectivity index (χ0v) is 15.9. The number of hydrogen-bond donors (Lipinski definition) is 1. The first-order chi connectivity index (χ1) is 11.9. The average Bonchev–Trinajstić information content (AvgIpc) is 2.54. The third-order valence-corrected chi connectivity index (χ3v) is 5.96. The van der Waals surface area contributed by atoms with Crippen molar-refractivity contribution in [2.45, 2.75) is 66.2 Å². The molecule has 0 fully saturated rings. The van der Waals surface area contributed by atoms with Crippen LogP contribution in [0.5, 0.6) is 11.5 Å². The number of hydrogen-bond acceptors (Lipinski definition) is 3. The Morgan fingerprint density at radius 2 is 2.08 bits per heavy atom. The molecule has 0 saturated carbocycles. The summed E-state index contributed by atoms with van der Waals surface area (Å²) in [5, 5.41) is 10.8. The summed E-state index contributed by atoms with van der Waals surface area (Å²) in [7, 11) is 0. The van der Waals surface area contributed by atoms with E-state index in [-0.39, 0.29) is 17.6 Å². The van der Waals surface area contributed by atoms with E-state index in [1.165, 1.54) is 0 Å². The van der Waals surface area contributed by atoms with Gasteiger partial charge in [0.05, 0.1) is 11.0 Å². The molecule has 0 saturated heterocycles. The average molecular weight is 342 g/mol. The van der Waals surface area contributed by atoms with E-state index in [1.807, 2.05) is 12.1 Å². The fraction of sp³-hybridized carbons (Fsp3) is 0.591. The van der Waals surface area contributed by atoms with Gasteiger partial charge in [-0.1, -0.05) is 46.6 Å². The zero-order valence-electron chi connectivity index (χ0n) is 15.9. The number of phenols is 1. The maximum absolute atomic E-state index is 13.0. The van der Waals surface area contributed by atoms with E-state index in [0.717, 1.165) is 55.2 Å². The van der Waals surface area contributed by atoms with Crippen LogP contribution in [0.3, 0.4) is 0 Å². The number of esters is 1. The molecule has 0 aromatic heterocycles. The minimum absolute atomic E-state index is 0.135. The van der Waals surface area contributed by atoms with Crippen molar-refractivity contribution in [3.8, 4) is 11.5 Å². The molecule has 0 bridgehead atoms. The lowest BCUT2D eigenvalue weighted by Crippen LogP contribution is -2.45. The Bertz CT molecular complexity index is 701. The Balaban J connectivity index is 2.08. The number of rotatable bonds is 5. The smallest absolute Gasteiger partial charge is 0.322 e. The lowest BCUT2D eigenvalue weighted by atomic mass is 9.61. The quantitative estimate of drug-likeness (QED) is 0.436. The fourth-order valence-electron chi connectivity index (χ4n) is 4.38. The van der Waals surface area contributed by atoms with Crippen LogP contribution in [-0.4, -0.2) is 11.1 Å². The molecule has 3 heteroatoms. The summed E-state index contributed by atoms with van der Waals surface area (Å²) >= 11 is 0. The Morgan fingerprint density at radius 3 is 2.76 bits per heavy atom. The second kappa shape index (κ2) is 6.86. The SMILES string of the molecule is CCCCCc1cc(O)c2c(c1)OC(=O)[C@]1(C(C)C)CC[C@@H](C)C=C21. The minimum Gasteiger partial charge on any atom is -0.507 e. The van der Waals surface area contributed by atoms with Crippen LogP contribution < -0.4 is 4.74 Å². The standard InChI is InChI=1S/C22H30O3/c1-5-6-7-8-16-12-18(23)20-17-11-15(4)9-10-22(17,14(2)3)21(24)25-19(20)13-16/h11-15,23H,5-10H2,1-4H3/t15-,22+/m1/s1. The topological polar surface area (TPSA) is 46.5 Å². The van der Waals surface area contributed by atoms with Crippen LogP contribution in [0.1, 0.15) is 70.9 Å². The van der Waals surface area contributed by atoms with E-state index in [9.17, 15) is 9.90 Å². The number of aryl methyl sites for hydroxylation is 1. The lowest BCUT2D eigenvalue weighted by Gasteiger charge is -2.44. The Hall–Kier alpha value is -1.77. The van der Waals surface area contributed by atoms with E-state index in [0.29, 0.717) is 11.7 Å². The molecule has 0 unspecified atom stereocenters. The van der Waals surface area contributed by atoms with Crippen LogP contribution in [-0.2, 0) is 11.2 Å². The number of unbranched alkanes of at least 4 members (excludes halogenated alkanes) is 2. The van der Waals surface area contributed by atoms with Gasteiger partial charge in [0.1, 0.15) is 11.5 Å². The van der Waals surface area contributed by atoms with Crippen molar-refractivity contribution in [2.75, 3.05) is 0 Å². The van der Waals surface area contributed by atoms with E-state index in [1.54, 1.807) is 0 Å². The number of phenolic OH excluding ortho intramolecular Hbond substituents is 1. The predicted molar refractivity (Wildman–Crippen MR) is 101 cm³/mol. The first kappa shape index (κ1) is 18.0. The number of allylic oxidation sites excluding steroid dienone is 1. The highest BCUT2D eigenvalue weighted by Gasteiger charge is 2.52. The van der Waals surface area contributed by atoms with Crippen LogP contribution in [0.2, 0.25) is 0 Å². The van der Waals surface area contributed by atoms with Crippen LogP contribution in [0.4, 0.5) is 0 Å². The van der Waals surface area contributed by atoms with Gasteiger partial charge >= 0.3 is 5.97 Å². The van der Waals surface area contributed by atoms with Crippen LogP contribution in [0.15, 0.2) is 18.2 Å². The minimum atomic E-state index is -0.624. The van der Waals surface area contributed by atoms with Crippen molar-refractivity contribution in [1.82, 2.24) is 0 Å². The Kier molecular flexibility index (Phi) is 4.95. The van der Waals surface area contributed by atoms with Crippen molar-refractivity contribution in [2.24, 2.45) is 17.3 Å². The first-order valence-electron chi connectivity index (χ1n) is 9.71. The molecular weight excluding hydrogens is 312 g/mol. The molecule has 3 nitrogen and oxygen atoms in total. The normalized spacial score (nSPS) is 25.2. The molecule has 1 heterocycles. The van der Waals surface area contributed by atoms with Gasteiger partial charge in [-0.3, -0.25) is 4.79 Å². The Morgan fingerprint density at radius 1 is 1.32 bits per heavy atom. The van der Waals surface area contributed by atoms with Crippen molar-refractivity contribution in [3.63, 3.8) is 0 Å². The van der Waals surface area contributed by atoms with Gasteiger partial charge in [0.15, 0.2) is 0 Å². The van der Waals surface area contributed by atoms with Crippen molar-refractivity contribution < 1.29 is 14.6 Å². The van der Waals surface area contributed by atoms with Gasteiger partial charge < -0.3 is 9.84 Å². The van der Waals surface area contributed by atoms with E-state index >= 15 is 0 Å². The molecule has 1 N–H and O–H groups in total. The van der Waals surface area contributed by atoms with Gasteiger partial charge in [-0.15, -0.1) is 0 Å². The third kappa shape index (κ3) is 2.98. The molecule has 2 atom stereocenters. The molecule has 1 aliphatic heterocycles. The highest BCUT2D eigenvalue weighted by molar-refractivity contribution is 6.01. The summed E-state index contributed by atoms with van der Waals surface area (Å²) < 4.78 is 5.79. The van der Waals surface area contributed by atoms with E-state index in [2.05, 4.69) is 33.8 Å². The van der Waals surface area contributed by atoms with Crippen LogP contribution in [0, 0.1) is 17.3 Å². The van der Waals surface area contributed by atoms with Gasteiger partial charge in [0, 0.05) is 0 Å². The van der Waals surface area contributed by atoms with Crippen molar-refractivity contribution in [3.05, 3.63) is 29.3 Å². The predicted octanol–water partition coefficient (Wildman–Crippen LogP) is 5.50. The number of benzene rings is 1. The molecule has 1 aromatic rings. The summed E-state index contributed by atoms with van der Waals surface area (Å²) in [6.45, 7) is 8.50. The summed E-state index contributed by atoms with van der Waals surface area (Å²) in [6, 6.07) is 3.81. The largest absolute Gasteiger partial charge is 0.507 e. The molecule has 0 radical (unpaired) electrons. The molecule has 25 heavy (non-hydrogen) atoms. The summed E-state index contributed by atoms with van der Waals surface area (Å²) in [5.74, 6) is 1.17. The molecule has 3 rings (SSSR count). The molecule has 1 aromatic carbocycles. The van der Waals surface area contributed by atoms with Crippen molar-refractivity contribution >= 4 is 11.5 Å². The number of carbonyl (C=O) groups is 1. The van der Waals surface area contributed by atoms with Gasteiger partial charge in [-0.05, 0) is 60.8 Å². The Labute approximate surface area is 151 Å². The summed E-state index contributed by atoms with van der Waals surface area (Å²) in [4.78, 5) is 13.0. The van der Waals surface area contributed by atoms with Gasteiger partial charge in [-0.2, -0.15) is 0 Å². The van der Waals surface area contributed by atoms with Crippen LogP contribution in [0.25, 0.3) is 5.57 Å². The lowest BCUT2D eigenvalue weighted by molar-refractivity contribution is -0.146. The molecule has 136 valence electrons. The zero-order chi connectivity index (χ0) is 18.2. The monoisotopic (exact) mass is 342 g/mol. The number of aromatic hydroxyl groups is 1. The molecule has 0 amide bonds. The number of fused-ring (bicyclic) bond motifs is 3. The molecular formula is C22H30O3. The van der Waals surface area contributed by atoms with Gasteiger partial charge in [0.2, 0.25) is 0 Å². The summed E-state index contributed by atoms with van der Waals surface area (Å²) in [6.07, 6.45) is 8.24. The molecule has 0 spiro atoms. The van der Waals surface area contributed by atoms with Gasteiger partial charge in [0.25, 0.3) is 0 Å². The number of carbonyl (C=O) groups excluding carboxylic acids is 1. The van der Waals surface area contributed by atoms with Gasteiger partial charge in [-0.25, -0.2) is 0 Å². The maximum Gasteiger partial charge on any atom is 0.322 e. The van der Waals surface area contributed by atoms with Crippen molar-refractivity contribution in [1.29, 1.82) is 0 Å². The fourth-order valence-corrected chi connectivity index (χ4v) is 4.38. The second-order valence-electron chi connectivity index (χ2n) is 8.06. The van der Waals surface area contributed by atoms with E-state index in [4.69, 9.17) is 4.74 Å². The second-order valence-corrected chi connectivity index (χ2v) is 8.06. The first-order valence-corrected chi connectivity index (χ1v) is 9.71. The highest BCUT2D eigenvalue weighted by atomic mass is 16.5. The molecule has 1 aliphatic carbocycles. The van der Waals surface area contributed by atoms with E-state index < -0.39 is 5.41 Å². The third-order valence-electron chi connectivity index (χ3n) is 5.96.